The molecule has 0 saturated heterocycles. The molecule has 0 unspecified atom stereocenters. The monoisotopic (exact) mass is 357 g/mol. The Balaban J connectivity index is 1.44. The van der Waals surface area contributed by atoms with E-state index in [2.05, 4.69) is 34.6 Å². The molecule has 3 rings (SSSR count). The van der Waals surface area contributed by atoms with Crippen molar-refractivity contribution in [3.05, 3.63) is 48.5 Å². The Labute approximate surface area is 152 Å². The van der Waals surface area contributed by atoms with E-state index in [1.807, 2.05) is 36.0 Å². The van der Waals surface area contributed by atoms with Crippen LogP contribution in [0.25, 0.3) is 0 Å². The molecule has 0 radical (unpaired) electrons. The molecule has 132 valence electrons. The van der Waals surface area contributed by atoms with Crippen LogP contribution in [0.15, 0.2) is 58.4 Å². The maximum absolute atomic E-state index is 5.97. The highest BCUT2D eigenvalue weighted by atomic mass is 32.2. The van der Waals surface area contributed by atoms with Crippen molar-refractivity contribution in [3.8, 4) is 11.5 Å². The van der Waals surface area contributed by atoms with Gasteiger partial charge in [-0.2, -0.15) is 0 Å². The molecule has 0 bridgehead atoms. The Morgan fingerprint density at radius 1 is 1.08 bits per heavy atom. The third-order valence-electron chi connectivity index (χ3n) is 3.62. The Morgan fingerprint density at radius 2 is 1.88 bits per heavy atom. The molecule has 2 aromatic carbocycles. The lowest BCUT2D eigenvalue weighted by atomic mass is 10.3. The Bertz CT molecular complexity index is 707. The van der Waals surface area contributed by atoms with Crippen molar-refractivity contribution in [2.24, 2.45) is 10.7 Å². The standard InChI is InChI=1S/C19H23N3O2S/c20-19(21-10-4-13-25-16-6-2-1-3-7-16)22-15-8-9-17-18(14-15)24-12-5-11-23-17/h1-3,6-9,14H,4-5,10-13H2,(H3,20,21,22). The van der Waals surface area contributed by atoms with Crippen molar-refractivity contribution in [2.75, 3.05) is 30.8 Å². The van der Waals surface area contributed by atoms with E-state index >= 15 is 0 Å². The van der Waals surface area contributed by atoms with Gasteiger partial charge in [-0.15, -0.1) is 11.8 Å². The summed E-state index contributed by atoms with van der Waals surface area (Å²) in [6, 6.07) is 16.1. The molecule has 1 heterocycles. The average molecular weight is 357 g/mol. The summed E-state index contributed by atoms with van der Waals surface area (Å²) in [5, 5.41) is 3.11. The van der Waals surface area contributed by atoms with Crippen LogP contribution in [0.1, 0.15) is 12.8 Å². The van der Waals surface area contributed by atoms with E-state index in [1.165, 1.54) is 4.90 Å². The van der Waals surface area contributed by atoms with Gasteiger partial charge in [-0.1, -0.05) is 18.2 Å². The smallest absolute Gasteiger partial charge is 0.193 e. The number of aliphatic imine (C=N–C) groups is 1. The average Bonchev–Trinajstić information content (AvgIpc) is 2.87. The fourth-order valence-corrected chi connectivity index (χ4v) is 3.26. The van der Waals surface area contributed by atoms with E-state index in [4.69, 9.17) is 15.2 Å². The van der Waals surface area contributed by atoms with Crippen LogP contribution in [0.2, 0.25) is 0 Å². The molecule has 0 aliphatic carbocycles. The summed E-state index contributed by atoms with van der Waals surface area (Å²) >= 11 is 1.83. The molecule has 1 aliphatic rings. The molecule has 2 aromatic rings. The van der Waals surface area contributed by atoms with Gasteiger partial charge in [-0.25, -0.2) is 0 Å². The van der Waals surface area contributed by atoms with Crippen LogP contribution in [-0.4, -0.2) is 31.5 Å². The van der Waals surface area contributed by atoms with Crippen LogP contribution in [0.5, 0.6) is 11.5 Å². The van der Waals surface area contributed by atoms with Gasteiger partial charge in [-0.05, 0) is 36.4 Å². The highest BCUT2D eigenvalue weighted by molar-refractivity contribution is 7.99. The number of nitrogens with zero attached hydrogens (tertiary/aromatic N) is 1. The molecule has 5 nitrogen and oxygen atoms in total. The van der Waals surface area contributed by atoms with Crippen molar-refractivity contribution < 1.29 is 9.47 Å². The second-order valence-corrected chi connectivity index (χ2v) is 6.79. The van der Waals surface area contributed by atoms with E-state index < -0.39 is 0 Å². The molecule has 0 aromatic heterocycles. The summed E-state index contributed by atoms with van der Waals surface area (Å²) in [7, 11) is 0. The number of ether oxygens (including phenoxy) is 2. The van der Waals surface area contributed by atoms with Crippen LogP contribution in [0.3, 0.4) is 0 Å². The second kappa shape index (κ2) is 9.22. The van der Waals surface area contributed by atoms with Gasteiger partial charge in [0, 0.05) is 29.6 Å². The molecule has 0 fully saturated rings. The minimum absolute atomic E-state index is 0.416. The number of nitrogens with one attached hydrogen (secondary N) is 1. The highest BCUT2D eigenvalue weighted by Gasteiger charge is 2.10. The Kier molecular flexibility index (Phi) is 6.45. The summed E-state index contributed by atoms with van der Waals surface area (Å²) in [6.07, 6.45) is 1.87. The summed E-state index contributed by atoms with van der Waals surface area (Å²) < 4.78 is 11.3. The summed E-state index contributed by atoms with van der Waals surface area (Å²) in [5.41, 5.74) is 6.82. The lowest BCUT2D eigenvalue weighted by Crippen LogP contribution is -2.22. The summed E-state index contributed by atoms with van der Waals surface area (Å²) in [4.78, 5) is 5.66. The first-order valence-corrected chi connectivity index (χ1v) is 9.44. The zero-order valence-electron chi connectivity index (χ0n) is 14.1. The van der Waals surface area contributed by atoms with Gasteiger partial charge in [-0.3, -0.25) is 4.99 Å². The van der Waals surface area contributed by atoms with E-state index in [0.29, 0.717) is 25.7 Å². The van der Waals surface area contributed by atoms with Crippen LogP contribution in [-0.2, 0) is 0 Å². The number of guanidine groups is 1. The molecule has 0 amide bonds. The first-order chi connectivity index (χ1) is 12.3. The predicted octanol–water partition coefficient (Wildman–Crippen LogP) is 3.76. The Hall–Kier alpha value is -2.34. The molecule has 0 atom stereocenters. The molecule has 0 spiro atoms. The number of anilines is 1. The summed E-state index contributed by atoms with van der Waals surface area (Å²) in [6.45, 7) is 2.05. The van der Waals surface area contributed by atoms with Crippen molar-refractivity contribution in [1.29, 1.82) is 0 Å². The van der Waals surface area contributed by atoms with Crippen LogP contribution in [0.4, 0.5) is 5.69 Å². The van der Waals surface area contributed by atoms with Crippen molar-refractivity contribution in [2.45, 2.75) is 17.7 Å². The third kappa shape index (κ3) is 5.60. The minimum atomic E-state index is 0.416. The number of fused-ring (bicyclic) bond motifs is 1. The number of hydrogen-bond acceptors (Lipinski definition) is 4. The SMILES string of the molecule is NC(=NCCCSc1ccccc1)Nc1ccc2c(c1)OCCCO2. The van der Waals surface area contributed by atoms with E-state index in [0.717, 1.165) is 35.8 Å². The second-order valence-electron chi connectivity index (χ2n) is 5.62. The quantitative estimate of drug-likeness (QED) is 0.357. The van der Waals surface area contributed by atoms with Gasteiger partial charge in [0.25, 0.3) is 0 Å². The van der Waals surface area contributed by atoms with Crippen LogP contribution in [0, 0.1) is 0 Å². The van der Waals surface area contributed by atoms with Gasteiger partial charge in [0.05, 0.1) is 13.2 Å². The first kappa shape index (κ1) is 17.5. The van der Waals surface area contributed by atoms with Crippen LogP contribution < -0.4 is 20.5 Å². The van der Waals surface area contributed by atoms with Gasteiger partial charge in [0.1, 0.15) is 0 Å². The molecular weight excluding hydrogens is 334 g/mol. The van der Waals surface area contributed by atoms with Gasteiger partial charge < -0.3 is 20.5 Å². The molecular formula is C19H23N3O2S. The third-order valence-corrected chi connectivity index (χ3v) is 4.71. The summed E-state index contributed by atoms with van der Waals surface area (Å²) in [5.74, 6) is 2.95. The zero-order chi connectivity index (χ0) is 17.3. The number of rotatable bonds is 6. The van der Waals surface area contributed by atoms with Gasteiger partial charge >= 0.3 is 0 Å². The predicted molar refractivity (Wildman–Crippen MR) is 104 cm³/mol. The van der Waals surface area contributed by atoms with Gasteiger partial charge in [0.15, 0.2) is 17.5 Å². The largest absolute Gasteiger partial charge is 0.490 e. The first-order valence-electron chi connectivity index (χ1n) is 8.46. The van der Waals surface area contributed by atoms with E-state index in [-0.39, 0.29) is 0 Å². The van der Waals surface area contributed by atoms with Crippen LogP contribution >= 0.6 is 11.8 Å². The maximum Gasteiger partial charge on any atom is 0.193 e. The Morgan fingerprint density at radius 3 is 2.72 bits per heavy atom. The fourth-order valence-electron chi connectivity index (χ4n) is 2.40. The van der Waals surface area contributed by atoms with Gasteiger partial charge in [0.2, 0.25) is 0 Å². The fraction of sp³-hybridized carbons (Fsp3) is 0.316. The highest BCUT2D eigenvalue weighted by Crippen LogP contribution is 2.32. The number of hydrogen-bond donors (Lipinski definition) is 2. The number of thioether (sulfide) groups is 1. The topological polar surface area (TPSA) is 68.9 Å². The van der Waals surface area contributed by atoms with Crippen molar-refractivity contribution >= 4 is 23.4 Å². The zero-order valence-corrected chi connectivity index (χ0v) is 14.9. The van der Waals surface area contributed by atoms with E-state index in [1.54, 1.807) is 0 Å². The maximum atomic E-state index is 5.97. The molecule has 3 N–H and O–H groups in total. The van der Waals surface area contributed by atoms with E-state index in [9.17, 15) is 0 Å². The molecule has 25 heavy (non-hydrogen) atoms. The molecule has 1 aliphatic heterocycles. The molecule has 0 saturated carbocycles. The number of nitrogens with two attached hydrogens (primary N) is 1. The minimum Gasteiger partial charge on any atom is -0.490 e. The van der Waals surface area contributed by atoms with Crippen molar-refractivity contribution in [1.82, 2.24) is 0 Å². The van der Waals surface area contributed by atoms with Crippen molar-refractivity contribution in [3.63, 3.8) is 0 Å². The lowest BCUT2D eigenvalue weighted by molar-refractivity contribution is 0.297. The normalized spacial score (nSPS) is 14.0. The lowest BCUT2D eigenvalue weighted by Gasteiger charge is -2.10. The number of benzene rings is 2. The molecule has 6 heteroatoms.